The van der Waals surface area contributed by atoms with Crippen LogP contribution in [-0.2, 0) is 20.4 Å². The van der Waals surface area contributed by atoms with Gasteiger partial charge in [-0.1, -0.05) is 36.4 Å². The molecule has 2 nitrogen and oxygen atoms in total. The maximum Gasteiger partial charge on any atom is 2.00 e. The predicted molar refractivity (Wildman–Crippen MR) is 92.0 cm³/mol. The number of benzene rings is 2. The number of halogens is 2. The molecule has 0 aliphatic rings. The molecule has 2 aromatic heterocycles. The minimum absolute atomic E-state index is 0. The average molecular weight is 462 g/mol. The third-order valence-corrected chi connectivity index (χ3v) is 4.11. The molecular weight excluding hydrogens is 446 g/mol. The third kappa shape index (κ3) is 4.02. The number of hydrogen-bond acceptors (Lipinski definition) is 2. The van der Waals surface area contributed by atoms with E-state index in [1.54, 1.807) is 0 Å². The molecule has 0 atom stereocenters. The minimum Gasteiger partial charge on any atom is -1.00 e. The van der Waals surface area contributed by atoms with Gasteiger partial charge in [0.05, 0.1) is 22.4 Å². The molecule has 0 amide bonds. The van der Waals surface area contributed by atoms with Crippen LogP contribution >= 0.6 is 0 Å². The number of pyridine rings is 2. The van der Waals surface area contributed by atoms with Gasteiger partial charge in [-0.05, 0) is 49.2 Å². The van der Waals surface area contributed by atoms with Crippen molar-refractivity contribution in [3.8, 4) is 11.4 Å². The summed E-state index contributed by atoms with van der Waals surface area (Å²) in [5, 5.41) is 2.40. The quantitative estimate of drug-likeness (QED) is 0.343. The van der Waals surface area contributed by atoms with Crippen LogP contribution in [0.5, 0.6) is 0 Å². The van der Waals surface area contributed by atoms with Crippen molar-refractivity contribution in [1.29, 1.82) is 0 Å². The van der Waals surface area contributed by atoms with Gasteiger partial charge in [-0.25, -0.2) is 9.97 Å². The molecule has 0 N–H and O–H groups in total. The molecule has 2 aromatic carbocycles. The normalized spacial score (nSPS) is 9.84. The van der Waals surface area contributed by atoms with Gasteiger partial charge >= 0.3 is 20.4 Å². The maximum absolute atomic E-state index is 4.79. The number of aromatic nitrogens is 2. The van der Waals surface area contributed by atoms with Gasteiger partial charge in [0, 0.05) is 10.8 Å². The number of hydrogen-bond donors (Lipinski definition) is 0. The Hall–Kier alpha value is -1.50. The van der Waals surface area contributed by atoms with Crippen molar-refractivity contribution in [1.82, 2.24) is 9.97 Å². The van der Waals surface area contributed by atoms with Crippen molar-refractivity contribution < 1.29 is 45.2 Å². The summed E-state index contributed by atoms with van der Waals surface area (Å²) in [6, 6.07) is 20.7. The summed E-state index contributed by atoms with van der Waals surface area (Å²) in [5.74, 6) is 0. The first-order valence-electron chi connectivity index (χ1n) is 7.45. The zero-order valence-electron chi connectivity index (χ0n) is 13.7. The molecule has 2 heterocycles. The van der Waals surface area contributed by atoms with Gasteiger partial charge in [0.25, 0.3) is 0 Å². The molecule has 4 rings (SSSR count). The van der Waals surface area contributed by atoms with Crippen molar-refractivity contribution in [2.75, 3.05) is 0 Å². The predicted octanol–water partition coefficient (Wildman–Crippen LogP) is -0.928. The number of para-hydroxylation sites is 2. The van der Waals surface area contributed by atoms with E-state index in [0.717, 1.165) is 22.4 Å². The molecule has 0 bridgehead atoms. The topological polar surface area (TPSA) is 25.8 Å². The van der Waals surface area contributed by atoms with Crippen molar-refractivity contribution in [2.45, 2.75) is 13.8 Å². The van der Waals surface area contributed by atoms with E-state index in [9.17, 15) is 0 Å². The Kier molecular flexibility index (Phi) is 7.53. The molecule has 130 valence electrons. The van der Waals surface area contributed by atoms with E-state index in [1.165, 1.54) is 21.9 Å². The van der Waals surface area contributed by atoms with Crippen LogP contribution in [0.1, 0.15) is 11.1 Å². The molecule has 5 heteroatoms. The second kappa shape index (κ2) is 8.74. The Morgan fingerprint density at radius 1 is 0.600 bits per heavy atom. The molecular formula is C20H16Cl2N2Pd. The summed E-state index contributed by atoms with van der Waals surface area (Å²) in [6.07, 6.45) is 0. The van der Waals surface area contributed by atoms with Gasteiger partial charge in [0.2, 0.25) is 0 Å². The van der Waals surface area contributed by atoms with Gasteiger partial charge in [0.1, 0.15) is 0 Å². The third-order valence-electron chi connectivity index (χ3n) is 4.11. The van der Waals surface area contributed by atoms with Crippen LogP contribution < -0.4 is 24.8 Å². The fraction of sp³-hybridized carbons (Fsp3) is 0.100. The van der Waals surface area contributed by atoms with Gasteiger partial charge in [-0.2, -0.15) is 0 Å². The summed E-state index contributed by atoms with van der Waals surface area (Å²) in [6.45, 7) is 4.25. The molecule has 0 aliphatic heterocycles. The largest absolute Gasteiger partial charge is 2.00 e. The first kappa shape index (κ1) is 21.5. The molecule has 25 heavy (non-hydrogen) atoms. The molecule has 0 radical (unpaired) electrons. The van der Waals surface area contributed by atoms with E-state index < -0.39 is 0 Å². The number of rotatable bonds is 1. The molecule has 0 spiro atoms. The van der Waals surface area contributed by atoms with Crippen molar-refractivity contribution in [2.24, 2.45) is 0 Å². The van der Waals surface area contributed by atoms with E-state index in [4.69, 9.17) is 9.97 Å². The molecule has 0 aliphatic carbocycles. The van der Waals surface area contributed by atoms with Crippen molar-refractivity contribution in [3.05, 3.63) is 71.8 Å². The molecule has 0 saturated heterocycles. The van der Waals surface area contributed by atoms with E-state index in [-0.39, 0.29) is 45.2 Å². The van der Waals surface area contributed by atoms with Crippen LogP contribution in [0.15, 0.2) is 60.7 Å². The van der Waals surface area contributed by atoms with Crippen molar-refractivity contribution >= 4 is 21.8 Å². The summed E-state index contributed by atoms with van der Waals surface area (Å²) in [7, 11) is 0. The van der Waals surface area contributed by atoms with Crippen LogP contribution in [0.3, 0.4) is 0 Å². The Labute approximate surface area is 173 Å². The smallest absolute Gasteiger partial charge is 1.00 e. The number of fused-ring (bicyclic) bond motifs is 2. The van der Waals surface area contributed by atoms with E-state index >= 15 is 0 Å². The number of aryl methyl sites for hydroxylation is 2. The molecule has 0 saturated carbocycles. The first-order valence-corrected chi connectivity index (χ1v) is 7.45. The van der Waals surface area contributed by atoms with Crippen LogP contribution in [0, 0.1) is 13.8 Å². The minimum atomic E-state index is 0. The summed E-state index contributed by atoms with van der Waals surface area (Å²) in [4.78, 5) is 9.58. The fourth-order valence-electron chi connectivity index (χ4n) is 2.96. The van der Waals surface area contributed by atoms with Crippen LogP contribution in [0.4, 0.5) is 0 Å². The first-order chi connectivity index (χ1) is 10.7. The fourth-order valence-corrected chi connectivity index (χ4v) is 2.96. The molecule has 0 fully saturated rings. The van der Waals surface area contributed by atoms with Gasteiger partial charge in [-0.3, -0.25) is 0 Å². The summed E-state index contributed by atoms with van der Waals surface area (Å²) in [5.41, 5.74) is 6.37. The van der Waals surface area contributed by atoms with Crippen LogP contribution in [-0.4, -0.2) is 9.97 Å². The van der Waals surface area contributed by atoms with Crippen LogP contribution in [0.2, 0.25) is 0 Å². The molecule has 0 unspecified atom stereocenters. The van der Waals surface area contributed by atoms with E-state index in [1.807, 2.05) is 12.1 Å². The Bertz CT molecular complexity index is 936. The van der Waals surface area contributed by atoms with Crippen LogP contribution in [0.25, 0.3) is 33.2 Å². The standard InChI is InChI=1S/C20H16N2.2ClH.Pd/c1-13-11-19(21-17-9-5-3-7-15(13)17)20-12-14(2)16-8-4-6-10-18(16)22-20;;;/h3-12H,1-2H3;2*1H;/q;;;+2/p-2. The Morgan fingerprint density at radius 2 is 0.960 bits per heavy atom. The van der Waals surface area contributed by atoms with Gasteiger partial charge in [0.15, 0.2) is 0 Å². The second-order valence-electron chi connectivity index (χ2n) is 5.68. The summed E-state index contributed by atoms with van der Waals surface area (Å²) >= 11 is 0. The van der Waals surface area contributed by atoms with E-state index in [0.29, 0.717) is 0 Å². The molecule has 4 aromatic rings. The Morgan fingerprint density at radius 3 is 1.36 bits per heavy atom. The summed E-state index contributed by atoms with van der Waals surface area (Å²) < 4.78 is 0. The number of nitrogens with zero attached hydrogens (tertiary/aromatic N) is 2. The van der Waals surface area contributed by atoms with Gasteiger partial charge in [-0.15, -0.1) is 0 Å². The monoisotopic (exact) mass is 460 g/mol. The second-order valence-corrected chi connectivity index (χ2v) is 5.68. The Balaban J connectivity index is 0.00000104. The van der Waals surface area contributed by atoms with Crippen molar-refractivity contribution in [3.63, 3.8) is 0 Å². The van der Waals surface area contributed by atoms with Gasteiger partial charge < -0.3 is 24.8 Å². The zero-order chi connectivity index (χ0) is 15.1. The van der Waals surface area contributed by atoms with E-state index in [2.05, 4.69) is 62.4 Å². The zero-order valence-corrected chi connectivity index (χ0v) is 16.8. The SMILES string of the molecule is Cc1cc(-c2cc(C)c3ccccc3n2)nc2ccccc12.[Cl-].[Cl-].[Pd+2]. The average Bonchev–Trinajstić information content (AvgIpc) is 2.55. The maximum atomic E-state index is 4.79.